The standard InChI is InChI=1S/C12H18O2/c1-4-6-8-11-10(7-5-2)9(3)12(13)14-11/h5,11H,2,4,6-8H2,1,3H3. The molecule has 0 aromatic rings. The van der Waals surface area contributed by atoms with Gasteiger partial charge in [0.1, 0.15) is 6.10 Å². The predicted octanol–water partition coefficient (Wildman–Crippen LogP) is 2.99. The fourth-order valence-electron chi connectivity index (χ4n) is 1.72. The van der Waals surface area contributed by atoms with Crippen LogP contribution < -0.4 is 0 Å². The highest BCUT2D eigenvalue weighted by atomic mass is 16.5. The molecule has 0 aliphatic carbocycles. The number of hydrogen-bond acceptors (Lipinski definition) is 2. The second-order valence-corrected chi connectivity index (χ2v) is 3.68. The van der Waals surface area contributed by atoms with Crippen molar-refractivity contribution in [3.63, 3.8) is 0 Å². The number of allylic oxidation sites excluding steroid dienone is 1. The van der Waals surface area contributed by atoms with E-state index in [0.717, 1.165) is 36.8 Å². The van der Waals surface area contributed by atoms with Crippen LogP contribution in [0.4, 0.5) is 0 Å². The second-order valence-electron chi connectivity index (χ2n) is 3.68. The molecule has 0 spiro atoms. The van der Waals surface area contributed by atoms with Gasteiger partial charge in [-0.3, -0.25) is 0 Å². The maximum absolute atomic E-state index is 11.3. The van der Waals surface area contributed by atoms with Gasteiger partial charge in [0.25, 0.3) is 0 Å². The summed E-state index contributed by atoms with van der Waals surface area (Å²) in [5, 5.41) is 0. The van der Waals surface area contributed by atoms with Crippen molar-refractivity contribution in [3.8, 4) is 0 Å². The molecule has 0 saturated carbocycles. The van der Waals surface area contributed by atoms with Crippen LogP contribution in [0, 0.1) is 0 Å². The van der Waals surface area contributed by atoms with Gasteiger partial charge < -0.3 is 4.74 Å². The van der Waals surface area contributed by atoms with Crippen molar-refractivity contribution in [2.75, 3.05) is 0 Å². The molecule has 14 heavy (non-hydrogen) atoms. The smallest absolute Gasteiger partial charge is 0.334 e. The Hall–Kier alpha value is -1.05. The molecule has 1 aliphatic heterocycles. The topological polar surface area (TPSA) is 26.3 Å². The molecule has 0 radical (unpaired) electrons. The summed E-state index contributed by atoms with van der Waals surface area (Å²) < 4.78 is 5.28. The van der Waals surface area contributed by atoms with Crippen LogP contribution in [0.15, 0.2) is 23.8 Å². The lowest BCUT2D eigenvalue weighted by atomic mass is 9.99. The molecule has 0 aromatic carbocycles. The summed E-state index contributed by atoms with van der Waals surface area (Å²) in [5.41, 5.74) is 1.91. The monoisotopic (exact) mass is 194 g/mol. The Morgan fingerprint density at radius 3 is 2.86 bits per heavy atom. The Morgan fingerprint density at radius 2 is 2.29 bits per heavy atom. The summed E-state index contributed by atoms with van der Waals surface area (Å²) in [6.07, 6.45) is 5.80. The van der Waals surface area contributed by atoms with Gasteiger partial charge in [0, 0.05) is 5.57 Å². The van der Waals surface area contributed by atoms with Gasteiger partial charge in [0.05, 0.1) is 0 Å². The average Bonchev–Trinajstić information content (AvgIpc) is 2.43. The van der Waals surface area contributed by atoms with E-state index in [1.54, 1.807) is 0 Å². The van der Waals surface area contributed by atoms with Crippen molar-refractivity contribution < 1.29 is 9.53 Å². The maximum Gasteiger partial charge on any atom is 0.334 e. The number of cyclic esters (lactones) is 1. The SMILES string of the molecule is C=CCC1=C(C)C(=O)OC1CCCC. The van der Waals surface area contributed by atoms with Gasteiger partial charge in [-0.05, 0) is 31.8 Å². The molecular formula is C12H18O2. The van der Waals surface area contributed by atoms with Gasteiger partial charge in [-0.2, -0.15) is 0 Å². The van der Waals surface area contributed by atoms with Crippen LogP contribution in [0.25, 0.3) is 0 Å². The molecule has 1 heterocycles. The molecule has 0 N–H and O–H groups in total. The molecule has 1 rings (SSSR count). The van der Waals surface area contributed by atoms with Crippen molar-refractivity contribution in [3.05, 3.63) is 23.8 Å². The van der Waals surface area contributed by atoms with E-state index >= 15 is 0 Å². The molecular weight excluding hydrogens is 176 g/mol. The summed E-state index contributed by atoms with van der Waals surface area (Å²) in [6, 6.07) is 0. The first-order chi connectivity index (χ1) is 6.70. The minimum Gasteiger partial charge on any atom is -0.454 e. The molecule has 0 saturated heterocycles. The molecule has 0 fully saturated rings. The summed E-state index contributed by atoms with van der Waals surface area (Å²) in [7, 11) is 0. The number of rotatable bonds is 5. The van der Waals surface area contributed by atoms with E-state index in [1.807, 2.05) is 13.0 Å². The quantitative estimate of drug-likeness (QED) is 0.496. The molecule has 1 aliphatic rings. The van der Waals surface area contributed by atoms with E-state index in [0.29, 0.717) is 0 Å². The van der Waals surface area contributed by atoms with Crippen molar-refractivity contribution in [1.29, 1.82) is 0 Å². The van der Waals surface area contributed by atoms with Crippen LogP contribution in [-0.4, -0.2) is 12.1 Å². The van der Waals surface area contributed by atoms with E-state index in [1.165, 1.54) is 0 Å². The number of hydrogen-bond donors (Lipinski definition) is 0. The van der Waals surface area contributed by atoms with Crippen LogP contribution in [-0.2, 0) is 9.53 Å². The molecule has 0 bridgehead atoms. The zero-order chi connectivity index (χ0) is 10.6. The highest BCUT2D eigenvalue weighted by molar-refractivity contribution is 5.91. The molecule has 1 atom stereocenters. The van der Waals surface area contributed by atoms with Gasteiger partial charge in [-0.1, -0.05) is 19.4 Å². The lowest BCUT2D eigenvalue weighted by Gasteiger charge is -2.12. The predicted molar refractivity (Wildman–Crippen MR) is 56.9 cm³/mol. The van der Waals surface area contributed by atoms with Gasteiger partial charge in [-0.15, -0.1) is 6.58 Å². The molecule has 0 amide bonds. The molecule has 78 valence electrons. The fraction of sp³-hybridized carbons (Fsp3) is 0.583. The minimum absolute atomic E-state index is 0.0143. The third-order valence-electron chi connectivity index (χ3n) is 2.61. The maximum atomic E-state index is 11.3. The van der Waals surface area contributed by atoms with E-state index < -0.39 is 0 Å². The highest BCUT2D eigenvalue weighted by Crippen LogP contribution is 2.28. The van der Waals surface area contributed by atoms with Crippen LogP contribution in [0.1, 0.15) is 39.5 Å². The number of unbranched alkanes of at least 4 members (excludes halogenated alkanes) is 1. The van der Waals surface area contributed by atoms with Crippen LogP contribution >= 0.6 is 0 Å². The lowest BCUT2D eigenvalue weighted by Crippen LogP contribution is -2.11. The number of carbonyl (C=O) groups is 1. The Labute approximate surface area is 85.6 Å². The Morgan fingerprint density at radius 1 is 1.57 bits per heavy atom. The molecule has 2 heteroatoms. The lowest BCUT2D eigenvalue weighted by molar-refractivity contribution is -0.139. The van der Waals surface area contributed by atoms with Crippen molar-refractivity contribution in [2.45, 2.75) is 45.6 Å². The van der Waals surface area contributed by atoms with Gasteiger partial charge in [-0.25, -0.2) is 4.79 Å². The third kappa shape index (κ3) is 2.25. The van der Waals surface area contributed by atoms with E-state index in [4.69, 9.17) is 4.74 Å². The Bertz CT molecular complexity index is 263. The largest absolute Gasteiger partial charge is 0.454 e. The first-order valence-electron chi connectivity index (χ1n) is 5.22. The first kappa shape index (κ1) is 11.0. The van der Waals surface area contributed by atoms with Gasteiger partial charge in [0.15, 0.2) is 0 Å². The Kier molecular flexibility index (Phi) is 3.93. The summed E-state index contributed by atoms with van der Waals surface area (Å²) >= 11 is 0. The van der Waals surface area contributed by atoms with Crippen LogP contribution in [0.2, 0.25) is 0 Å². The Balaban J connectivity index is 2.68. The van der Waals surface area contributed by atoms with E-state index in [-0.39, 0.29) is 12.1 Å². The zero-order valence-corrected chi connectivity index (χ0v) is 9.01. The fourth-order valence-corrected chi connectivity index (χ4v) is 1.72. The highest BCUT2D eigenvalue weighted by Gasteiger charge is 2.29. The summed E-state index contributed by atoms with van der Waals surface area (Å²) in [4.78, 5) is 11.3. The van der Waals surface area contributed by atoms with Crippen molar-refractivity contribution in [1.82, 2.24) is 0 Å². The third-order valence-corrected chi connectivity index (χ3v) is 2.61. The normalized spacial score (nSPS) is 21.3. The molecule has 0 aromatic heterocycles. The zero-order valence-electron chi connectivity index (χ0n) is 9.01. The van der Waals surface area contributed by atoms with Gasteiger partial charge in [0.2, 0.25) is 0 Å². The summed E-state index contributed by atoms with van der Waals surface area (Å²) in [5.74, 6) is -0.150. The summed E-state index contributed by atoms with van der Waals surface area (Å²) in [6.45, 7) is 7.68. The van der Waals surface area contributed by atoms with E-state index in [9.17, 15) is 4.79 Å². The van der Waals surface area contributed by atoms with Gasteiger partial charge >= 0.3 is 5.97 Å². The first-order valence-corrected chi connectivity index (χ1v) is 5.22. The van der Waals surface area contributed by atoms with Crippen molar-refractivity contribution in [2.24, 2.45) is 0 Å². The van der Waals surface area contributed by atoms with Crippen LogP contribution in [0.5, 0.6) is 0 Å². The number of ether oxygens (including phenoxy) is 1. The molecule has 2 nitrogen and oxygen atoms in total. The van der Waals surface area contributed by atoms with Crippen LogP contribution in [0.3, 0.4) is 0 Å². The molecule has 1 unspecified atom stereocenters. The number of carbonyl (C=O) groups excluding carboxylic acids is 1. The average molecular weight is 194 g/mol. The van der Waals surface area contributed by atoms with Crippen molar-refractivity contribution >= 4 is 5.97 Å². The minimum atomic E-state index is -0.150. The van der Waals surface area contributed by atoms with E-state index in [2.05, 4.69) is 13.5 Å². The number of esters is 1. The second kappa shape index (κ2) is 4.99.